The van der Waals surface area contributed by atoms with Gasteiger partial charge in [0.15, 0.2) is 24.9 Å². The van der Waals surface area contributed by atoms with E-state index in [2.05, 4.69) is 25.4 Å². The lowest BCUT2D eigenvalue weighted by molar-refractivity contribution is -0.153. The molecular weight excluding hydrogens is 305 g/mol. The minimum absolute atomic E-state index is 0.00810. The Kier molecular flexibility index (Phi) is 5.07. The minimum Gasteiger partial charge on any atom is -0.480 e. The van der Waals surface area contributed by atoms with Crippen LogP contribution in [0.5, 0.6) is 11.5 Å². The van der Waals surface area contributed by atoms with E-state index in [1.807, 2.05) is 0 Å². The van der Waals surface area contributed by atoms with E-state index in [-0.39, 0.29) is 18.3 Å². The van der Waals surface area contributed by atoms with Crippen LogP contribution >= 0.6 is 15.9 Å². The van der Waals surface area contributed by atoms with Crippen LogP contribution in [0.1, 0.15) is 0 Å². The van der Waals surface area contributed by atoms with E-state index in [4.69, 9.17) is 4.74 Å². The second kappa shape index (κ2) is 6.11. The molecule has 0 saturated heterocycles. The molecule has 0 amide bonds. The molecule has 7 heteroatoms. The van der Waals surface area contributed by atoms with Crippen LogP contribution in [0.25, 0.3) is 0 Å². The molecule has 0 radical (unpaired) electrons. The van der Waals surface area contributed by atoms with Crippen LogP contribution in [0, 0.1) is 0 Å². The molecule has 0 aliphatic rings. The lowest BCUT2D eigenvalue weighted by atomic mass is 10.3. The fourth-order valence-corrected chi connectivity index (χ4v) is 1.34. The Labute approximate surface area is 105 Å². The third-order valence-corrected chi connectivity index (χ3v) is 2.12. The molecule has 96 valence electrons. The van der Waals surface area contributed by atoms with Crippen LogP contribution in [0.4, 0.5) is 13.2 Å². The molecule has 0 aliphatic carbocycles. The molecule has 0 aromatic heterocycles. The Morgan fingerprint density at radius 2 is 1.88 bits per heavy atom. The number of hydrogen-bond donors (Lipinski definition) is 0. The summed E-state index contributed by atoms with van der Waals surface area (Å²) in [6.07, 6.45) is -4.39. The first-order valence-electron chi connectivity index (χ1n) is 4.53. The Hall–Kier alpha value is -0.950. The normalized spacial score (nSPS) is 11.4. The van der Waals surface area contributed by atoms with E-state index in [0.29, 0.717) is 4.47 Å². The molecular formula is C10H10BrF3O3. The van der Waals surface area contributed by atoms with Crippen molar-refractivity contribution in [2.24, 2.45) is 0 Å². The summed E-state index contributed by atoms with van der Waals surface area (Å²) in [6, 6.07) is 4.52. The van der Waals surface area contributed by atoms with Gasteiger partial charge in [-0.05, 0) is 18.2 Å². The van der Waals surface area contributed by atoms with Crippen LogP contribution in [-0.4, -0.2) is 26.7 Å². The average Bonchev–Trinajstić information content (AvgIpc) is 2.24. The lowest BCUT2D eigenvalue weighted by Gasteiger charge is -2.13. The molecule has 0 aliphatic heterocycles. The predicted octanol–water partition coefficient (Wildman–Crippen LogP) is 3.37. The third kappa shape index (κ3) is 5.27. The zero-order valence-corrected chi connectivity index (χ0v) is 10.5. The van der Waals surface area contributed by atoms with E-state index in [1.165, 1.54) is 19.2 Å². The van der Waals surface area contributed by atoms with Crippen molar-refractivity contribution in [2.75, 3.05) is 20.5 Å². The third-order valence-electron chi connectivity index (χ3n) is 1.63. The summed E-state index contributed by atoms with van der Waals surface area (Å²) in [5, 5.41) is 0. The Balaban J connectivity index is 2.76. The monoisotopic (exact) mass is 314 g/mol. The number of methoxy groups -OCH3 is 1. The fraction of sp³-hybridized carbons (Fsp3) is 0.400. The first-order valence-corrected chi connectivity index (χ1v) is 5.32. The van der Waals surface area contributed by atoms with Gasteiger partial charge < -0.3 is 14.2 Å². The van der Waals surface area contributed by atoms with E-state index in [9.17, 15) is 13.2 Å². The van der Waals surface area contributed by atoms with Crippen molar-refractivity contribution in [1.29, 1.82) is 0 Å². The van der Waals surface area contributed by atoms with Crippen LogP contribution < -0.4 is 9.47 Å². The smallest absolute Gasteiger partial charge is 0.422 e. The molecule has 0 N–H and O–H groups in total. The largest absolute Gasteiger partial charge is 0.480 e. The summed E-state index contributed by atoms with van der Waals surface area (Å²) in [7, 11) is 1.41. The SMILES string of the molecule is COCOc1ccc(Br)cc1OCC(F)(F)F. The Bertz CT molecular complexity index is 368. The van der Waals surface area contributed by atoms with Crippen molar-refractivity contribution in [3.8, 4) is 11.5 Å². The van der Waals surface area contributed by atoms with Gasteiger partial charge in [0.2, 0.25) is 0 Å². The molecule has 1 rings (SSSR count). The van der Waals surface area contributed by atoms with Crippen molar-refractivity contribution in [3.63, 3.8) is 0 Å². The summed E-state index contributed by atoms with van der Waals surface area (Å²) >= 11 is 3.14. The molecule has 0 atom stereocenters. The standard InChI is InChI=1S/C10H10BrF3O3/c1-15-6-17-8-3-2-7(11)4-9(8)16-5-10(12,13)14/h2-4H,5-6H2,1H3. The van der Waals surface area contributed by atoms with Gasteiger partial charge >= 0.3 is 6.18 Å². The van der Waals surface area contributed by atoms with Crippen LogP contribution in [0.2, 0.25) is 0 Å². The van der Waals surface area contributed by atoms with Crippen LogP contribution in [0.3, 0.4) is 0 Å². The van der Waals surface area contributed by atoms with Crippen molar-refractivity contribution in [3.05, 3.63) is 22.7 Å². The Morgan fingerprint density at radius 1 is 1.18 bits per heavy atom. The maximum Gasteiger partial charge on any atom is 0.422 e. The zero-order valence-electron chi connectivity index (χ0n) is 8.88. The number of hydrogen-bond acceptors (Lipinski definition) is 3. The van der Waals surface area contributed by atoms with Crippen molar-refractivity contribution >= 4 is 15.9 Å². The molecule has 0 heterocycles. The van der Waals surface area contributed by atoms with E-state index >= 15 is 0 Å². The quantitative estimate of drug-likeness (QED) is 0.780. The average molecular weight is 315 g/mol. The molecule has 0 saturated carbocycles. The molecule has 0 spiro atoms. The van der Waals surface area contributed by atoms with E-state index in [1.54, 1.807) is 6.07 Å². The topological polar surface area (TPSA) is 27.7 Å². The number of benzene rings is 1. The minimum atomic E-state index is -4.39. The summed E-state index contributed by atoms with van der Waals surface area (Å²) in [6.45, 7) is -1.43. The van der Waals surface area contributed by atoms with Gasteiger partial charge in [0.05, 0.1) is 0 Å². The molecule has 0 bridgehead atoms. The Morgan fingerprint density at radius 3 is 2.47 bits per heavy atom. The molecule has 0 fully saturated rings. The van der Waals surface area contributed by atoms with Gasteiger partial charge in [-0.15, -0.1) is 0 Å². The van der Waals surface area contributed by atoms with Crippen LogP contribution in [0.15, 0.2) is 22.7 Å². The predicted molar refractivity (Wildman–Crippen MR) is 58.2 cm³/mol. The second-order valence-corrected chi connectivity index (χ2v) is 3.96. The molecule has 3 nitrogen and oxygen atoms in total. The van der Waals surface area contributed by atoms with Crippen molar-refractivity contribution < 1.29 is 27.4 Å². The zero-order chi connectivity index (χ0) is 12.9. The molecule has 17 heavy (non-hydrogen) atoms. The van der Waals surface area contributed by atoms with Gasteiger partial charge in [0.1, 0.15) is 0 Å². The highest BCUT2D eigenvalue weighted by Gasteiger charge is 2.29. The first-order chi connectivity index (χ1) is 7.92. The second-order valence-electron chi connectivity index (χ2n) is 3.05. The van der Waals surface area contributed by atoms with Gasteiger partial charge in [0.25, 0.3) is 0 Å². The number of ether oxygens (including phenoxy) is 3. The molecule has 1 aromatic rings. The summed E-state index contributed by atoms with van der Waals surface area (Å²) in [4.78, 5) is 0. The highest BCUT2D eigenvalue weighted by molar-refractivity contribution is 9.10. The van der Waals surface area contributed by atoms with Crippen molar-refractivity contribution in [2.45, 2.75) is 6.18 Å². The molecule has 0 unspecified atom stereocenters. The van der Waals surface area contributed by atoms with Gasteiger partial charge in [-0.2, -0.15) is 13.2 Å². The number of halogens is 4. The summed E-state index contributed by atoms with van der Waals surface area (Å²) < 4.78 is 51.0. The highest BCUT2D eigenvalue weighted by atomic mass is 79.9. The van der Waals surface area contributed by atoms with Gasteiger partial charge in [-0.25, -0.2) is 0 Å². The van der Waals surface area contributed by atoms with Gasteiger partial charge in [0, 0.05) is 11.6 Å². The maximum atomic E-state index is 12.0. The molecule has 1 aromatic carbocycles. The lowest BCUT2D eigenvalue weighted by Crippen LogP contribution is -2.19. The summed E-state index contributed by atoms with van der Waals surface area (Å²) in [5.74, 6) is 0.202. The van der Waals surface area contributed by atoms with Gasteiger partial charge in [-0.3, -0.25) is 0 Å². The fourth-order valence-electron chi connectivity index (χ4n) is 0.996. The highest BCUT2D eigenvalue weighted by Crippen LogP contribution is 2.31. The summed E-state index contributed by atoms with van der Waals surface area (Å²) in [5.41, 5.74) is 0. The van der Waals surface area contributed by atoms with E-state index in [0.717, 1.165) is 0 Å². The maximum absolute atomic E-state index is 12.0. The first kappa shape index (κ1) is 14.1. The number of alkyl halides is 3. The number of rotatable bonds is 5. The van der Waals surface area contributed by atoms with Gasteiger partial charge in [-0.1, -0.05) is 15.9 Å². The van der Waals surface area contributed by atoms with Crippen LogP contribution in [-0.2, 0) is 4.74 Å². The van der Waals surface area contributed by atoms with Crippen molar-refractivity contribution in [1.82, 2.24) is 0 Å². The van der Waals surface area contributed by atoms with E-state index < -0.39 is 12.8 Å².